The van der Waals surface area contributed by atoms with Crippen LogP contribution < -0.4 is 10.6 Å². The second-order valence-corrected chi connectivity index (χ2v) is 5.70. The van der Waals surface area contributed by atoms with Gasteiger partial charge in [0.25, 0.3) is 5.91 Å². The summed E-state index contributed by atoms with van der Waals surface area (Å²) < 4.78 is 4.94. The summed E-state index contributed by atoms with van der Waals surface area (Å²) in [6, 6.07) is 7.62. The molecule has 0 bridgehead atoms. The predicted molar refractivity (Wildman–Crippen MR) is 89.3 cm³/mol. The second kappa shape index (κ2) is 8.14. The third-order valence-electron chi connectivity index (χ3n) is 3.27. The number of rotatable bonds is 7. The van der Waals surface area contributed by atoms with Gasteiger partial charge in [-0.2, -0.15) is 0 Å². The molecule has 24 heavy (non-hydrogen) atoms. The number of esters is 1. The molecule has 0 saturated carbocycles. The molecular weight excluding hydrogens is 310 g/mol. The number of carbonyl (C=O) groups is 3. The van der Waals surface area contributed by atoms with Crippen LogP contribution in [-0.2, 0) is 25.5 Å². The third-order valence-corrected chi connectivity index (χ3v) is 3.27. The summed E-state index contributed by atoms with van der Waals surface area (Å²) in [4.78, 5) is 37.9. The van der Waals surface area contributed by atoms with Crippen molar-refractivity contribution < 1.29 is 19.1 Å². The van der Waals surface area contributed by atoms with Crippen LogP contribution in [-0.4, -0.2) is 42.0 Å². The molecule has 1 aromatic heterocycles. The average molecular weight is 331 g/mol. The van der Waals surface area contributed by atoms with E-state index in [1.54, 1.807) is 6.20 Å². The largest absolute Gasteiger partial charge is 0.455 e. The van der Waals surface area contributed by atoms with Gasteiger partial charge in [-0.1, -0.05) is 18.2 Å². The van der Waals surface area contributed by atoms with Crippen molar-refractivity contribution in [2.45, 2.75) is 26.3 Å². The highest BCUT2D eigenvalue weighted by Gasteiger charge is 2.12. The zero-order valence-corrected chi connectivity index (χ0v) is 13.7. The van der Waals surface area contributed by atoms with Crippen molar-refractivity contribution in [1.29, 1.82) is 0 Å². The van der Waals surface area contributed by atoms with E-state index in [1.165, 1.54) is 0 Å². The summed E-state index contributed by atoms with van der Waals surface area (Å²) in [7, 11) is 0. The lowest BCUT2D eigenvalue weighted by molar-refractivity contribution is -0.147. The SMILES string of the molecule is CC(C)NC(=O)CNC(=O)COC(=O)Cc1c[nH]c2ccccc12. The van der Waals surface area contributed by atoms with Gasteiger partial charge in [0.2, 0.25) is 5.91 Å². The van der Waals surface area contributed by atoms with E-state index in [-0.39, 0.29) is 24.9 Å². The number of aromatic amines is 1. The number of ether oxygens (including phenoxy) is 1. The Morgan fingerprint density at radius 2 is 1.92 bits per heavy atom. The van der Waals surface area contributed by atoms with Crippen molar-refractivity contribution in [3.05, 3.63) is 36.0 Å². The van der Waals surface area contributed by atoms with Crippen molar-refractivity contribution in [1.82, 2.24) is 15.6 Å². The minimum atomic E-state index is -0.513. The van der Waals surface area contributed by atoms with Gasteiger partial charge in [-0.3, -0.25) is 14.4 Å². The average Bonchev–Trinajstić information content (AvgIpc) is 2.93. The summed E-state index contributed by atoms with van der Waals surface area (Å²) in [5.74, 6) is -1.30. The normalized spacial score (nSPS) is 10.6. The second-order valence-electron chi connectivity index (χ2n) is 5.70. The third kappa shape index (κ3) is 5.12. The molecule has 0 aliphatic carbocycles. The van der Waals surface area contributed by atoms with Crippen LogP contribution in [0.5, 0.6) is 0 Å². The number of nitrogens with one attached hydrogen (secondary N) is 3. The fraction of sp³-hybridized carbons (Fsp3) is 0.353. The molecular formula is C17H21N3O4. The van der Waals surface area contributed by atoms with Crippen LogP contribution in [0, 0.1) is 0 Å². The van der Waals surface area contributed by atoms with Gasteiger partial charge < -0.3 is 20.4 Å². The van der Waals surface area contributed by atoms with Gasteiger partial charge in [-0.25, -0.2) is 0 Å². The first-order valence-electron chi connectivity index (χ1n) is 7.72. The summed E-state index contributed by atoms with van der Waals surface area (Å²) in [5, 5.41) is 5.99. The van der Waals surface area contributed by atoms with Gasteiger partial charge in [0, 0.05) is 23.1 Å². The Hall–Kier alpha value is -2.83. The maximum absolute atomic E-state index is 11.8. The molecule has 2 aromatic rings. The number of fused-ring (bicyclic) bond motifs is 1. The van der Waals surface area contributed by atoms with E-state index >= 15 is 0 Å². The van der Waals surface area contributed by atoms with Gasteiger partial charge in [0.1, 0.15) is 0 Å². The smallest absolute Gasteiger partial charge is 0.310 e. The molecule has 2 rings (SSSR count). The van der Waals surface area contributed by atoms with Crippen molar-refractivity contribution in [3.63, 3.8) is 0 Å². The fourth-order valence-corrected chi connectivity index (χ4v) is 2.23. The lowest BCUT2D eigenvalue weighted by atomic mass is 10.1. The predicted octanol–water partition coefficient (Wildman–Crippen LogP) is 0.894. The first kappa shape index (κ1) is 17.5. The van der Waals surface area contributed by atoms with E-state index in [9.17, 15) is 14.4 Å². The quantitative estimate of drug-likeness (QED) is 0.656. The molecule has 0 spiro atoms. The lowest BCUT2D eigenvalue weighted by Crippen LogP contribution is -2.41. The van der Waals surface area contributed by atoms with Crippen LogP contribution >= 0.6 is 0 Å². The van der Waals surface area contributed by atoms with Crippen molar-refractivity contribution in [2.75, 3.05) is 13.2 Å². The van der Waals surface area contributed by atoms with Gasteiger partial charge in [-0.15, -0.1) is 0 Å². The van der Waals surface area contributed by atoms with Gasteiger partial charge >= 0.3 is 5.97 Å². The van der Waals surface area contributed by atoms with Crippen molar-refractivity contribution in [2.24, 2.45) is 0 Å². The highest BCUT2D eigenvalue weighted by atomic mass is 16.5. The molecule has 0 aliphatic rings. The molecule has 0 saturated heterocycles. The maximum atomic E-state index is 11.8. The van der Waals surface area contributed by atoms with E-state index in [2.05, 4.69) is 15.6 Å². The minimum absolute atomic E-state index is 0.00315. The number of para-hydroxylation sites is 1. The standard InChI is InChI=1S/C17H21N3O4/c1-11(2)20-15(21)9-19-16(22)10-24-17(23)7-12-8-18-14-6-4-3-5-13(12)14/h3-6,8,11,18H,7,9-10H2,1-2H3,(H,19,22)(H,20,21). The lowest BCUT2D eigenvalue weighted by Gasteiger charge is -2.09. The Kier molecular flexibility index (Phi) is 5.95. The van der Waals surface area contributed by atoms with Crippen LogP contribution in [0.4, 0.5) is 0 Å². The van der Waals surface area contributed by atoms with E-state index in [0.717, 1.165) is 16.5 Å². The number of hydrogen-bond donors (Lipinski definition) is 3. The number of amides is 2. The van der Waals surface area contributed by atoms with Gasteiger partial charge in [-0.05, 0) is 25.5 Å². The molecule has 2 amide bonds. The summed E-state index contributed by atoms with van der Waals surface area (Å²) in [6.07, 6.45) is 1.83. The Bertz CT molecular complexity index is 736. The number of carbonyl (C=O) groups excluding carboxylic acids is 3. The van der Waals surface area contributed by atoms with Crippen LogP contribution in [0.1, 0.15) is 19.4 Å². The van der Waals surface area contributed by atoms with Crippen LogP contribution in [0.15, 0.2) is 30.5 Å². The molecule has 128 valence electrons. The van der Waals surface area contributed by atoms with E-state index < -0.39 is 18.5 Å². The number of aromatic nitrogens is 1. The molecule has 3 N–H and O–H groups in total. The number of H-pyrrole nitrogens is 1. The van der Waals surface area contributed by atoms with Gasteiger partial charge in [0.05, 0.1) is 13.0 Å². The Balaban J connectivity index is 1.75. The van der Waals surface area contributed by atoms with Crippen LogP contribution in [0.3, 0.4) is 0 Å². The van der Waals surface area contributed by atoms with E-state index in [1.807, 2.05) is 38.1 Å². The molecule has 0 radical (unpaired) electrons. The van der Waals surface area contributed by atoms with E-state index in [0.29, 0.717) is 0 Å². The summed E-state index contributed by atoms with van der Waals surface area (Å²) in [5.41, 5.74) is 1.75. The first-order chi connectivity index (χ1) is 11.5. The molecule has 7 nitrogen and oxygen atoms in total. The Labute approximate surface area is 139 Å². The Morgan fingerprint density at radius 1 is 1.17 bits per heavy atom. The summed E-state index contributed by atoms with van der Waals surface area (Å²) >= 11 is 0. The summed E-state index contributed by atoms with van der Waals surface area (Å²) in [6.45, 7) is 3.10. The highest BCUT2D eigenvalue weighted by Crippen LogP contribution is 2.18. The number of hydrogen-bond acceptors (Lipinski definition) is 4. The highest BCUT2D eigenvalue weighted by molar-refractivity contribution is 5.89. The van der Waals surface area contributed by atoms with Crippen molar-refractivity contribution in [3.8, 4) is 0 Å². The minimum Gasteiger partial charge on any atom is -0.455 e. The fourth-order valence-electron chi connectivity index (χ4n) is 2.23. The van der Waals surface area contributed by atoms with Gasteiger partial charge in [0.15, 0.2) is 6.61 Å². The Morgan fingerprint density at radius 3 is 2.67 bits per heavy atom. The monoisotopic (exact) mass is 331 g/mol. The molecule has 0 fully saturated rings. The maximum Gasteiger partial charge on any atom is 0.310 e. The van der Waals surface area contributed by atoms with Crippen LogP contribution in [0.2, 0.25) is 0 Å². The number of benzene rings is 1. The van der Waals surface area contributed by atoms with E-state index in [4.69, 9.17) is 4.74 Å². The molecule has 0 aliphatic heterocycles. The molecule has 0 atom stereocenters. The molecule has 0 unspecified atom stereocenters. The molecule has 1 heterocycles. The molecule has 1 aromatic carbocycles. The molecule has 7 heteroatoms. The van der Waals surface area contributed by atoms with Crippen molar-refractivity contribution >= 4 is 28.7 Å². The van der Waals surface area contributed by atoms with Crippen LogP contribution in [0.25, 0.3) is 10.9 Å². The zero-order chi connectivity index (χ0) is 17.5. The zero-order valence-electron chi connectivity index (χ0n) is 13.7. The first-order valence-corrected chi connectivity index (χ1v) is 7.72. The topological polar surface area (TPSA) is 100 Å².